The number of nitrogens with zero attached hydrogens (tertiary/aromatic N) is 2. The minimum absolute atomic E-state index is 0.0734. The molecule has 1 unspecified atom stereocenters. The number of hydrogen-bond donors (Lipinski definition) is 1. The molecular formula is C23H25N3OS. The van der Waals surface area contributed by atoms with Crippen molar-refractivity contribution in [2.24, 2.45) is 0 Å². The minimum Gasteiger partial charge on any atom is -0.494 e. The van der Waals surface area contributed by atoms with E-state index >= 15 is 0 Å². The molecule has 0 spiro atoms. The Labute approximate surface area is 171 Å². The lowest BCUT2D eigenvalue weighted by Gasteiger charge is -2.39. The van der Waals surface area contributed by atoms with Crippen molar-refractivity contribution in [3.05, 3.63) is 83.7 Å². The van der Waals surface area contributed by atoms with Crippen LogP contribution in [-0.4, -0.2) is 27.7 Å². The number of thiocarbonyl (C=S) groups is 1. The molecule has 4 rings (SSSR count). The molecule has 0 aliphatic carbocycles. The van der Waals surface area contributed by atoms with E-state index < -0.39 is 0 Å². The smallest absolute Gasteiger partial charge is 0.174 e. The molecule has 0 saturated carbocycles. The Hall–Kier alpha value is -2.79. The third-order valence-electron chi connectivity index (χ3n) is 5.08. The summed E-state index contributed by atoms with van der Waals surface area (Å²) >= 11 is 5.83. The summed E-state index contributed by atoms with van der Waals surface area (Å²) in [6, 6.07) is 21.0. The van der Waals surface area contributed by atoms with Crippen LogP contribution in [0.5, 0.6) is 5.75 Å². The van der Waals surface area contributed by atoms with Crippen molar-refractivity contribution in [1.82, 2.24) is 9.47 Å². The van der Waals surface area contributed by atoms with Gasteiger partial charge in [-0.2, -0.15) is 0 Å². The predicted octanol–water partition coefficient (Wildman–Crippen LogP) is 5.00. The zero-order valence-electron chi connectivity index (χ0n) is 16.3. The lowest BCUT2D eigenvalue weighted by molar-refractivity contribution is 0.293. The minimum atomic E-state index is 0.0734. The third kappa shape index (κ3) is 3.76. The Morgan fingerprint density at radius 3 is 2.68 bits per heavy atom. The molecule has 5 heteroatoms. The van der Waals surface area contributed by atoms with Crippen LogP contribution in [0.3, 0.4) is 0 Å². The van der Waals surface area contributed by atoms with Crippen molar-refractivity contribution in [3.8, 4) is 5.75 Å². The zero-order chi connectivity index (χ0) is 19.5. The highest BCUT2D eigenvalue weighted by Crippen LogP contribution is 2.33. The average molecular weight is 392 g/mol. The van der Waals surface area contributed by atoms with E-state index in [2.05, 4.69) is 70.4 Å². The number of fused-ring (bicyclic) bond motifs is 1. The van der Waals surface area contributed by atoms with Gasteiger partial charge in [0.1, 0.15) is 5.75 Å². The van der Waals surface area contributed by atoms with E-state index in [4.69, 9.17) is 17.0 Å². The van der Waals surface area contributed by atoms with Crippen molar-refractivity contribution >= 4 is 23.0 Å². The van der Waals surface area contributed by atoms with E-state index in [1.807, 2.05) is 25.1 Å². The first-order valence-electron chi connectivity index (χ1n) is 9.68. The van der Waals surface area contributed by atoms with Crippen molar-refractivity contribution in [2.75, 3.05) is 18.5 Å². The molecule has 0 fully saturated rings. The molecular weight excluding hydrogens is 366 g/mol. The van der Waals surface area contributed by atoms with Crippen molar-refractivity contribution < 1.29 is 4.74 Å². The lowest BCUT2D eigenvalue weighted by atomic mass is 10.00. The molecule has 1 atom stereocenters. The molecule has 1 aromatic heterocycles. The highest BCUT2D eigenvalue weighted by atomic mass is 32.1. The van der Waals surface area contributed by atoms with Gasteiger partial charge >= 0.3 is 0 Å². The quantitative estimate of drug-likeness (QED) is 0.634. The molecule has 4 nitrogen and oxygen atoms in total. The number of aryl methyl sites for hydroxylation is 1. The first kappa shape index (κ1) is 18.6. The van der Waals surface area contributed by atoms with Crippen LogP contribution in [0, 0.1) is 6.92 Å². The number of anilines is 1. The molecule has 0 radical (unpaired) electrons. The maximum atomic E-state index is 5.83. The third-order valence-corrected chi connectivity index (χ3v) is 5.41. The van der Waals surface area contributed by atoms with Gasteiger partial charge in [0, 0.05) is 30.7 Å². The van der Waals surface area contributed by atoms with Crippen molar-refractivity contribution in [3.63, 3.8) is 0 Å². The summed E-state index contributed by atoms with van der Waals surface area (Å²) in [6.07, 6.45) is 2.14. The Balaban J connectivity index is 1.64. The van der Waals surface area contributed by atoms with E-state index in [9.17, 15) is 0 Å². The van der Waals surface area contributed by atoms with Gasteiger partial charge in [-0.05, 0) is 73.6 Å². The topological polar surface area (TPSA) is 29.4 Å². The van der Waals surface area contributed by atoms with Gasteiger partial charge < -0.3 is 19.5 Å². The fraction of sp³-hybridized carbons (Fsp3) is 0.261. The summed E-state index contributed by atoms with van der Waals surface area (Å²) in [4.78, 5) is 2.28. The van der Waals surface area contributed by atoms with Crippen LogP contribution < -0.4 is 10.1 Å². The first-order valence-corrected chi connectivity index (χ1v) is 10.1. The number of nitrogens with one attached hydrogen (secondary N) is 1. The summed E-state index contributed by atoms with van der Waals surface area (Å²) in [5.74, 6) is 0.893. The fourth-order valence-corrected chi connectivity index (χ4v) is 4.10. The average Bonchev–Trinajstić information content (AvgIpc) is 3.17. The molecule has 0 bridgehead atoms. The van der Waals surface area contributed by atoms with Crippen LogP contribution in [0.25, 0.3) is 0 Å². The number of benzene rings is 2. The van der Waals surface area contributed by atoms with Gasteiger partial charge in [-0.15, -0.1) is 0 Å². The lowest BCUT2D eigenvalue weighted by Crippen LogP contribution is -2.44. The number of hydrogen-bond acceptors (Lipinski definition) is 2. The zero-order valence-corrected chi connectivity index (χ0v) is 17.1. The SMILES string of the molecule is CCOc1ccc(C2c3cccn3CCN2C(=S)Nc2cccc(C)c2)cc1. The van der Waals surface area contributed by atoms with Crippen molar-refractivity contribution in [1.29, 1.82) is 0 Å². The normalized spacial score (nSPS) is 15.8. The highest BCUT2D eigenvalue weighted by Gasteiger charge is 2.30. The molecule has 1 aliphatic heterocycles. The molecule has 28 heavy (non-hydrogen) atoms. The highest BCUT2D eigenvalue weighted by molar-refractivity contribution is 7.80. The number of ether oxygens (including phenoxy) is 1. The van der Waals surface area contributed by atoms with Gasteiger partial charge in [-0.25, -0.2) is 0 Å². The van der Waals surface area contributed by atoms with Crippen LogP contribution in [0.2, 0.25) is 0 Å². The summed E-state index contributed by atoms with van der Waals surface area (Å²) < 4.78 is 7.92. The summed E-state index contributed by atoms with van der Waals surface area (Å²) in [5, 5.41) is 4.18. The molecule has 2 aromatic carbocycles. The molecule has 1 aliphatic rings. The molecule has 3 aromatic rings. The Kier molecular flexibility index (Phi) is 5.35. The van der Waals surface area contributed by atoms with Gasteiger partial charge in [0.15, 0.2) is 5.11 Å². The van der Waals surface area contributed by atoms with Gasteiger partial charge in [0.2, 0.25) is 0 Å². The number of aromatic nitrogens is 1. The molecule has 0 amide bonds. The van der Waals surface area contributed by atoms with Gasteiger partial charge in [-0.1, -0.05) is 24.3 Å². The van der Waals surface area contributed by atoms with Gasteiger partial charge in [-0.3, -0.25) is 0 Å². The molecule has 1 N–H and O–H groups in total. The maximum absolute atomic E-state index is 5.83. The van der Waals surface area contributed by atoms with E-state index in [-0.39, 0.29) is 6.04 Å². The summed E-state index contributed by atoms with van der Waals surface area (Å²) in [7, 11) is 0. The van der Waals surface area contributed by atoms with Crippen LogP contribution in [-0.2, 0) is 6.54 Å². The van der Waals surface area contributed by atoms with Gasteiger partial charge in [0.05, 0.1) is 12.6 Å². The van der Waals surface area contributed by atoms with E-state index in [1.54, 1.807) is 0 Å². The predicted molar refractivity (Wildman–Crippen MR) is 118 cm³/mol. The standard InChI is InChI=1S/C23H25N3OS/c1-3-27-20-11-9-18(10-12-20)22-21-8-5-13-25(21)14-15-26(22)23(28)24-19-7-4-6-17(2)16-19/h4-13,16,22H,3,14-15H2,1-2H3,(H,24,28). The second kappa shape index (κ2) is 8.07. The molecule has 2 heterocycles. The first-order chi connectivity index (χ1) is 13.7. The fourth-order valence-electron chi connectivity index (χ4n) is 3.78. The molecule has 0 saturated heterocycles. The van der Waals surface area contributed by atoms with Crippen LogP contribution in [0.15, 0.2) is 66.9 Å². The summed E-state index contributed by atoms with van der Waals surface area (Å²) in [5.41, 5.74) is 4.69. The number of rotatable bonds is 4. The maximum Gasteiger partial charge on any atom is 0.174 e. The van der Waals surface area contributed by atoms with Crippen LogP contribution >= 0.6 is 12.2 Å². The summed E-state index contributed by atoms with van der Waals surface area (Å²) in [6.45, 7) is 6.54. The van der Waals surface area contributed by atoms with Gasteiger partial charge in [0.25, 0.3) is 0 Å². The second-order valence-corrected chi connectivity index (χ2v) is 7.41. The largest absolute Gasteiger partial charge is 0.494 e. The Morgan fingerprint density at radius 1 is 1.11 bits per heavy atom. The second-order valence-electron chi connectivity index (χ2n) is 7.02. The van der Waals surface area contributed by atoms with Crippen LogP contribution in [0.4, 0.5) is 5.69 Å². The molecule has 144 valence electrons. The van der Waals surface area contributed by atoms with Crippen molar-refractivity contribution in [2.45, 2.75) is 26.4 Å². The monoisotopic (exact) mass is 391 g/mol. The Bertz CT molecular complexity index is 964. The Morgan fingerprint density at radius 2 is 1.93 bits per heavy atom. The van der Waals surface area contributed by atoms with E-state index in [1.165, 1.54) is 16.8 Å². The van der Waals surface area contributed by atoms with E-state index in [0.717, 1.165) is 29.6 Å². The van der Waals surface area contributed by atoms with E-state index in [0.29, 0.717) is 6.61 Å². The van der Waals surface area contributed by atoms with Crippen LogP contribution in [0.1, 0.15) is 29.8 Å².